The predicted molar refractivity (Wildman–Crippen MR) is 112 cm³/mol. The van der Waals surface area contributed by atoms with Crippen molar-refractivity contribution in [3.05, 3.63) is 30.3 Å². The third-order valence-corrected chi connectivity index (χ3v) is 5.70. The lowest BCUT2D eigenvalue weighted by Crippen LogP contribution is -2.54. The van der Waals surface area contributed by atoms with Gasteiger partial charge in [0.1, 0.15) is 12.1 Å². The SMILES string of the molecule is CC1CC(C)(C)CC2(C1)NC(=O)N(CC(=O)NCCCNc1ccccc1)C2=O. The molecule has 0 aromatic heterocycles. The smallest absolute Gasteiger partial charge is 0.325 e. The Morgan fingerprint density at radius 3 is 2.59 bits per heavy atom. The van der Waals surface area contributed by atoms with Crippen molar-refractivity contribution in [1.29, 1.82) is 0 Å². The molecule has 2 atom stereocenters. The molecule has 1 heterocycles. The predicted octanol–water partition coefficient (Wildman–Crippen LogP) is 2.74. The zero-order chi connectivity index (χ0) is 21.1. The summed E-state index contributed by atoms with van der Waals surface area (Å²) in [6.45, 7) is 7.35. The van der Waals surface area contributed by atoms with Crippen molar-refractivity contribution in [2.24, 2.45) is 11.3 Å². The summed E-state index contributed by atoms with van der Waals surface area (Å²) in [4.78, 5) is 38.9. The van der Waals surface area contributed by atoms with Gasteiger partial charge in [0.2, 0.25) is 5.91 Å². The fraction of sp³-hybridized carbons (Fsp3) is 0.591. The van der Waals surface area contributed by atoms with Crippen molar-refractivity contribution >= 4 is 23.5 Å². The molecule has 2 fully saturated rings. The van der Waals surface area contributed by atoms with Crippen LogP contribution in [0.5, 0.6) is 0 Å². The fourth-order valence-electron chi connectivity index (χ4n) is 4.95. The molecule has 1 saturated heterocycles. The Labute approximate surface area is 172 Å². The van der Waals surface area contributed by atoms with Crippen LogP contribution in [0, 0.1) is 11.3 Å². The van der Waals surface area contributed by atoms with Gasteiger partial charge in [-0.2, -0.15) is 0 Å². The van der Waals surface area contributed by atoms with Gasteiger partial charge in [-0.25, -0.2) is 4.79 Å². The van der Waals surface area contributed by atoms with Crippen LogP contribution in [0.25, 0.3) is 0 Å². The van der Waals surface area contributed by atoms with Crippen LogP contribution in [0.15, 0.2) is 30.3 Å². The van der Waals surface area contributed by atoms with E-state index in [1.807, 2.05) is 30.3 Å². The summed E-state index contributed by atoms with van der Waals surface area (Å²) >= 11 is 0. The van der Waals surface area contributed by atoms with E-state index in [0.29, 0.717) is 25.3 Å². The van der Waals surface area contributed by atoms with E-state index in [-0.39, 0.29) is 23.8 Å². The van der Waals surface area contributed by atoms with Crippen LogP contribution in [0.4, 0.5) is 10.5 Å². The van der Waals surface area contributed by atoms with Crippen molar-refractivity contribution < 1.29 is 14.4 Å². The highest BCUT2D eigenvalue weighted by Crippen LogP contribution is 2.46. The second-order valence-electron chi connectivity index (χ2n) is 9.25. The quantitative estimate of drug-likeness (QED) is 0.485. The van der Waals surface area contributed by atoms with E-state index in [0.717, 1.165) is 30.0 Å². The first-order valence-electron chi connectivity index (χ1n) is 10.4. The average molecular weight is 401 g/mol. The topological polar surface area (TPSA) is 90.5 Å². The van der Waals surface area contributed by atoms with E-state index in [9.17, 15) is 14.4 Å². The number of hydrogen-bond donors (Lipinski definition) is 3. The number of nitrogens with zero attached hydrogens (tertiary/aromatic N) is 1. The van der Waals surface area contributed by atoms with Gasteiger partial charge in [-0.1, -0.05) is 39.0 Å². The fourth-order valence-corrected chi connectivity index (χ4v) is 4.95. The van der Waals surface area contributed by atoms with Crippen molar-refractivity contribution in [3.8, 4) is 0 Å². The van der Waals surface area contributed by atoms with Crippen LogP contribution in [-0.4, -0.2) is 47.9 Å². The molecule has 7 nitrogen and oxygen atoms in total. The maximum absolute atomic E-state index is 13.0. The van der Waals surface area contributed by atoms with Gasteiger partial charge in [0.15, 0.2) is 0 Å². The lowest BCUT2D eigenvalue weighted by Gasteiger charge is -2.43. The summed E-state index contributed by atoms with van der Waals surface area (Å²) in [6, 6.07) is 9.40. The summed E-state index contributed by atoms with van der Waals surface area (Å²) in [7, 11) is 0. The maximum Gasteiger partial charge on any atom is 0.325 e. The van der Waals surface area contributed by atoms with E-state index >= 15 is 0 Å². The zero-order valence-corrected chi connectivity index (χ0v) is 17.6. The molecule has 158 valence electrons. The van der Waals surface area contributed by atoms with Gasteiger partial charge in [-0.15, -0.1) is 0 Å². The number of carbonyl (C=O) groups excluding carboxylic acids is 3. The molecule has 1 spiro atoms. The van der Waals surface area contributed by atoms with Gasteiger partial charge in [0, 0.05) is 18.8 Å². The molecular formula is C22H32N4O3. The standard InChI is InChI=1S/C22H32N4O3/c1-16-12-21(2,3)15-22(13-16)19(28)26(20(29)25-22)14-18(27)24-11-7-10-23-17-8-5-4-6-9-17/h4-6,8-9,16,23H,7,10-15H2,1-3H3,(H,24,27)(H,25,29). The van der Waals surface area contributed by atoms with Gasteiger partial charge < -0.3 is 16.0 Å². The van der Waals surface area contributed by atoms with Crippen LogP contribution in [0.3, 0.4) is 0 Å². The highest BCUT2D eigenvalue weighted by Gasteiger charge is 2.56. The number of para-hydroxylation sites is 1. The molecule has 0 bridgehead atoms. The van der Waals surface area contributed by atoms with Crippen LogP contribution >= 0.6 is 0 Å². The second kappa shape index (κ2) is 8.43. The van der Waals surface area contributed by atoms with Crippen LogP contribution in [0.2, 0.25) is 0 Å². The number of benzene rings is 1. The number of amides is 4. The minimum atomic E-state index is -0.863. The number of urea groups is 1. The summed E-state index contributed by atoms with van der Waals surface area (Å²) in [5.41, 5.74) is 0.149. The molecule has 1 aliphatic heterocycles. The molecule has 1 aromatic rings. The van der Waals surface area contributed by atoms with Crippen molar-refractivity contribution in [2.45, 2.75) is 52.0 Å². The third kappa shape index (κ3) is 5.08. The van der Waals surface area contributed by atoms with E-state index in [1.54, 1.807) is 0 Å². The highest BCUT2D eigenvalue weighted by molar-refractivity contribution is 6.09. The molecule has 2 aliphatic rings. The zero-order valence-electron chi connectivity index (χ0n) is 17.6. The number of rotatable bonds is 7. The van der Waals surface area contributed by atoms with E-state index in [1.165, 1.54) is 0 Å². The molecule has 3 rings (SSSR count). The molecule has 2 unspecified atom stereocenters. The number of imide groups is 1. The minimum Gasteiger partial charge on any atom is -0.385 e. The summed E-state index contributed by atoms with van der Waals surface area (Å²) in [5.74, 6) is -0.231. The van der Waals surface area contributed by atoms with Crippen LogP contribution in [-0.2, 0) is 9.59 Å². The van der Waals surface area contributed by atoms with E-state index < -0.39 is 11.6 Å². The van der Waals surface area contributed by atoms with E-state index in [4.69, 9.17) is 0 Å². The van der Waals surface area contributed by atoms with Gasteiger partial charge in [0.25, 0.3) is 5.91 Å². The summed E-state index contributed by atoms with van der Waals surface area (Å²) in [5, 5.41) is 8.98. The molecule has 3 N–H and O–H groups in total. The Kier molecular flexibility index (Phi) is 6.15. The Hall–Kier alpha value is -2.57. The van der Waals surface area contributed by atoms with Crippen molar-refractivity contribution in [3.63, 3.8) is 0 Å². The second-order valence-corrected chi connectivity index (χ2v) is 9.25. The lowest BCUT2D eigenvalue weighted by atomic mass is 9.64. The van der Waals surface area contributed by atoms with Crippen LogP contribution < -0.4 is 16.0 Å². The van der Waals surface area contributed by atoms with Gasteiger partial charge in [-0.3, -0.25) is 14.5 Å². The Balaban J connectivity index is 1.46. The molecule has 29 heavy (non-hydrogen) atoms. The normalized spacial score (nSPS) is 25.8. The molecule has 4 amide bonds. The van der Waals surface area contributed by atoms with Gasteiger partial charge in [-0.05, 0) is 49.1 Å². The minimum absolute atomic E-state index is 0.0232. The van der Waals surface area contributed by atoms with E-state index in [2.05, 4.69) is 36.7 Å². The molecule has 1 aliphatic carbocycles. The Morgan fingerprint density at radius 1 is 1.17 bits per heavy atom. The maximum atomic E-state index is 13.0. The van der Waals surface area contributed by atoms with Gasteiger partial charge >= 0.3 is 6.03 Å². The molecule has 7 heteroatoms. The number of hydrogen-bond acceptors (Lipinski definition) is 4. The average Bonchev–Trinajstić information content (AvgIpc) is 2.84. The van der Waals surface area contributed by atoms with Crippen molar-refractivity contribution in [2.75, 3.05) is 25.0 Å². The number of carbonyl (C=O) groups is 3. The molecule has 0 radical (unpaired) electrons. The van der Waals surface area contributed by atoms with Gasteiger partial charge in [0.05, 0.1) is 0 Å². The van der Waals surface area contributed by atoms with Crippen LogP contribution in [0.1, 0.15) is 46.5 Å². The Bertz CT molecular complexity index is 765. The number of nitrogens with one attached hydrogen (secondary N) is 3. The first kappa shape index (κ1) is 21.1. The monoisotopic (exact) mass is 400 g/mol. The summed E-state index contributed by atoms with van der Waals surface area (Å²) < 4.78 is 0. The number of anilines is 1. The first-order chi connectivity index (χ1) is 13.7. The highest BCUT2D eigenvalue weighted by atomic mass is 16.2. The summed E-state index contributed by atoms with van der Waals surface area (Å²) in [6.07, 6.45) is 3.01. The molecule has 1 aromatic carbocycles. The lowest BCUT2D eigenvalue weighted by molar-refractivity contribution is -0.137. The first-order valence-corrected chi connectivity index (χ1v) is 10.4. The third-order valence-electron chi connectivity index (χ3n) is 5.70. The largest absolute Gasteiger partial charge is 0.385 e. The molecule has 1 saturated carbocycles. The molecular weight excluding hydrogens is 368 g/mol. The Morgan fingerprint density at radius 2 is 1.90 bits per heavy atom. The van der Waals surface area contributed by atoms with Crippen molar-refractivity contribution in [1.82, 2.24) is 15.5 Å².